The van der Waals surface area contributed by atoms with Crippen molar-refractivity contribution in [1.29, 1.82) is 0 Å². The fourth-order valence-corrected chi connectivity index (χ4v) is 4.89. The van der Waals surface area contributed by atoms with Gasteiger partial charge in [-0.2, -0.15) is 0 Å². The highest BCUT2D eigenvalue weighted by Crippen LogP contribution is 2.60. The van der Waals surface area contributed by atoms with Gasteiger partial charge in [-0.15, -0.1) is 0 Å². The SMILES string of the molecule is O=C(NCC1C2CC(n3cnc4ccc(F)cc4c3=O)CC12)c1ccc(Cl)cc1. The van der Waals surface area contributed by atoms with Gasteiger partial charge in [-0.25, -0.2) is 9.37 Å². The van der Waals surface area contributed by atoms with Gasteiger partial charge in [-0.3, -0.25) is 14.2 Å². The first kappa shape index (κ1) is 18.3. The van der Waals surface area contributed by atoms with Crippen molar-refractivity contribution >= 4 is 28.4 Å². The molecule has 29 heavy (non-hydrogen) atoms. The highest BCUT2D eigenvalue weighted by atomic mass is 35.5. The number of benzene rings is 2. The van der Waals surface area contributed by atoms with E-state index in [1.807, 2.05) is 0 Å². The maximum atomic E-state index is 13.5. The summed E-state index contributed by atoms with van der Waals surface area (Å²) < 4.78 is 15.2. The Morgan fingerprint density at radius 2 is 1.90 bits per heavy atom. The average Bonchev–Trinajstić information content (AvgIpc) is 3.16. The molecule has 2 aliphatic rings. The molecule has 0 saturated heterocycles. The van der Waals surface area contributed by atoms with Crippen LogP contribution in [-0.2, 0) is 0 Å². The molecule has 5 rings (SSSR count). The minimum Gasteiger partial charge on any atom is -0.352 e. The average molecular weight is 412 g/mol. The van der Waals surface area contributed by atoms with Crippen LogP contribution in [0.15, 0.2) is 53.6 Å². The molecular formula is C22H19ClFN3O2. The van der Waals surface area contributed by atoms with Gasteiger partial charge in [0.1, 0.15) is 5.82 Å². The maximum absolute atomic E-state index is 13.5. The van der Waals surface area contributed by atoms with E-state index < -0.39 is 5.82 Å². The summed E-state index contributed by atoms with van der Waals surface area (Å²) in [4.78, 5) is 29.3. The number of hydrogen-bond donors (Lipinski definition) is 1. The summed E-state index contributed by atoms with van der Waals surface area (Å²) in [5.41, 5.74) is 0.922. The molecule has 0 spiro atoms. The van der Waals surface area contributed by atoms with Crippen molar-refractivity contribution in [1.82, 2.24) is 14.9 Å². The van der Waals surface area contributed by atoms with E-state index in [9.17, 15) is 14.0 Å². The highest BCUT2D eigenvalue weighted by molar-refractivity contribution is 6.30. The number of carbonyl (C=O) groups excluding carboxylic acids is 1. The van der Waals surface area contributed by atoms with Gasteiger partial charge < -0.3 is 5.32 Å². The Bertz CT molecular complexity index is 1150. The molecule has 2 saturated carbocycles. The van der Waals surface area contributed by atoms with Crippen molar-refractivity contribution in [2.45, 2.75) is 18.9 Å². The standard InChI is InChI=1S/C22H19ClFN3O2/c23-13-3-1-12(2-4-13)21(28)25-10-19-16-8-15(9-17(16)19)27-11-26-20-6-5-14(24)7-18(20)22(27)29/h1-7,11,15-17,19H,8-10H2,(H,25,28). The zero-order valence-corrected chi connectivity index (χ0v) is 16.3. The van der Waals surface area contributed by atoms with Gasteiger partial charge in [0.2, 0.25) is 0 Å². The lowest BCUT2D eigenvalue weighted by molar-refractivity contribution is 0.0950. The second-order valence-electron chi connectivity index (χ2n) is 7.95. The minimum absolute atomic E-state index is 0.0842. The van der Waals surface area contributed by atoms with Gasteiger partial charge in [-0.05, 0) is 73.1 Å². The molecule has 3 aromatic rings. The van der Waals surface area contributed by atoms with E-state index in [0.29, 0.717) is 45.8 Å². The Morgan fingerprint density at radius 1 is 1.17 bits per heavy atom. The molecule has 2 atom stereocenters. The number of amides is 1. The first-order valence-corrected chi connectivity index (χ1v) is 10.1. The van der Waals surface area contributed by atoms with Gasteiger partial charge in [0.05, 0.1) is 17.2 Å². The Labute approximate surface area is 171 Å². The van der Waals surface area contributed by atoms with Crippen LogP contribution in [0.1, 0.15) is 29.2 Å². The molecule has 1 amide bonds. The summed E-state index contributed by atoms with van der Waals surface area (Å²) in [6, 6.07) is 11.0. The topological polar surface area (TPSA) is 64.0 Å². The smallest absolute Gasteiger partial charge is 0.261 e. The molecule has 7 heteroatoms. The summed E-state index contributed by atoms with van der Waals surface area (Å²) in [6.07, 6.45) is 3.35. The molecule has 5 nitrogen and oxygen atoms in total. The monoisotopic (exact) mass is 411 g/mol. The van der Waals surface area contributed by atoms with E-state index in [1.54, 1.807) is 35.2 Å². The van der Waals surface area contributed by atoms with Crippen LogP contribution in [0.3, 0.4) is 0 Å². The fraction of sp³-hybridized carbons (Fsp3) is 0.318. The summed E-state index contributed by atoms with van der Waals surface area (Å²) >= 11 is 5.85. The number of nitrogens with one attached hydrogen (secondary N) is 1. The predicted molar refractivity (Wildman–Crippen MR) is 108 cm³/mol. The third-order valence-corrected chi connectivity index (χ3v) is 6.59. The van der Waals surface area contributed by atoms with Crippen molar-refractivity contribution in [2.24, 2.45) is 17.8 Å². The molecule has 2 fully saturated rings. The zero-order chi connectivity index (χ0) is 20.1. The minimum atomic E-state index is -0.431. The Morgan fingerprint density at radius 3 is 2.62 bits per heavy atom. The van der Waals surface area contributed by atoms with Crippen LogP contribution in [0.2, 0.25) is 5.02 Å². The third-order valence-electron chi connectivity index (χ3n) is 6.34. The molecular weight excluding hydrogens is 393 g/mol. The van der Waals surface area contributed by atoms with E-state index in [2.05, 4.69) is 10.3 Å². The van der Waals surface area contributed by atoms with E-state index in [1.165, 1.54) is 18.2 Å². The number of carbonyl (C=O) groups is 1. The number of fused-ring (bicyclic) bond motifs is 2. The van der Waals surface area contributed by atoms with Crippen LogP contribution in [0.25, 0.3) is 10.9 Å². The van der Waals surface area contributed by atoms with Crippen molar-refractivity contribution < 1.29 is 9.18 Å². The van der Waals surface area contributed by atoms with E-state index in [0.717, 1.165) is 12.8 Å². The molecule has 2 aliphatic carbocycles. The van der Waals surface area contributed by atoms with Crippen molar-refractivity contribution in [3.63, 3.8) is 0 Å². The summed E-state index contributed by atoms with van der Waals surface area (Å²) in [5.74, 6) is 0.922. The molecule has 0 bridgehead atoms. The molecule has 148 valence electrons. The van der Waals surface area contributed by atoms with Gasteiger partial charge >= 0.3 is 0 Å². The van der Waals surface area contributed by atoms with Crippen LogP contribution in [0.4, 0.5) is 4.39 Å². The lowest BCUT2D eigenvalue weighted by Crippen LogP contribution is -2.28. The third kappa shape index (κ3) is 3.31. The number of rotatable bonds is 4. The predicted octanol–water partition coefficient (Wildman–Crippen LogP) is 3.82. The van der Waals surface area contributed by atoms with Gasteiger partial charge in [0, 0.05) is 23.2 Å². The first-order chi connectivity index (χ1) is 14.0. The zero-order valence-electron chi connectivity index (χ0n) is 15.5. The number of aromatic nitrogens is 2. The quantitative estimate of drug-likeness (QED) is 0.710. The van der Waals surface area contributed by atoms with Gasteiger partial charge in [-0.1, -0.05) is 11.6 Å². The largest absolute Gasteiger partial charge is 0.352 e. The second-order valence-corrected chi connectivity index (χ2v) is 8.39. The number of halogens is 2. The molecule has 1 heterocycles. The Kier molecular flexibility index (Phi) is 4.39. The second kappa shape index (κ2) is 6.95. The number of hydrogen-bond acceptors (Lipinski definition) is 3. The molecule has 1 aromatic heterocycles. The van der Waals surface area contributed by atoms with E-state index in [4.69, 9.17) is 11.6 Å². The lowest BCUT2D eigenvalue weighted by atomic mass is 10.1. The Balaban J connectivity index is 1.22. The molecule has 0 radical (unpaired) electrons. The Hall–Kier alpha value is -2.73. The maximum Gasteiger partial charge on any atom is 0.261 e. The van der Waals surface area contributed by atoms with Crippen molar-refractivity contribution in [3.05, 3.63) is 75.5 Å². The summed E-state index contributed by atoms with van der Waals surface area (Å²) in [7, 11) is 0. The van der Waals surface area contributed by atoms with Gasteiger partial charge in [0.15, 0.2) is 0 Å². The first-order valence-electron chi connectivity index (χ1n) is 9.71. The lowest BCUT2D eigenvalue weighted by Gasteiger charge is -2.17. The summed E-state index contributed by atoms with van der Waals surface area (Å²) in [5, 5.41) is 3.92. The molecule has 2 unspecified atom stereocenters. The van der Waals surface area contributed by atoms with Crippen LogP contribution in [-0.4, -0.2) is 22.0 Å². The van der Waals surface area contributed by atoms with Crippen molar-refractivity contribution in [3.8, 4) is 0 Å². The van der Waals surface area contributed by atoms with Crippen LogP contribution >= 0.6 is 11.6 Å². The van der Waals surface area contributed by atoms with Crippen molar-refractivity contribution in [2.75, 3.05) is 6.54 Å². The van der Waals surface area contributed by atoms with Crippen LogP contribution in [0.5, 0.6) is 0 Å². The fourth-order valence-electron chi connectivity index (χ4n) is 4.76. The normalized spacial score (nSPS) is 25.0. The van der Waals surface area contributed by atoms with Crippen LogP contribution in [0, 0.1) is 23.6 Å². The molecule has 2 aromatic carbocycles. The van der Waals surface area contributed by atoms with E-state index >= 15 is 0 Å². The highest BCUT2D eigenvalue weighted by Gasteiger charge is 2.56. The molecule has 0 aliphatic heterocycles. The molecule has 1 N–H and O–H groups in total. The van der Waals surface area contributed by atoms with E-state index in [-0.39, 0.29) is 17.5 Å². The van der Waals surface area contributed by atoms with Gasteiger partial charge in [0.25, 0.3) is 11.5 Å². The number of nitrogens with zero attached hydrogens (tertiary/aromatic N) is 2. The summed E-state index contributed by atoms with van der Waals surface area (Å²) in [6.45, 7) is 0.638. The van der Waals surface area contributed by atoms with Crippen LogP contribution < -0.4 is 10.9 Å².